The summed E-state index contributed by atoms with van der Waals surface area (Å²) < 4.78 is 0. The van der Waals surface area contributed by atoms with Gasteiger partial charge in [-0.05, 0) is 18.6 Å². The van der Waals surface area contributed by atoms with Crippen molar-refractivity contribution >= 4 is 17.9 Å². The van der Waals surface area contributed by atoms with Gasteiger partial charge in [-0.25, -0.2) is 0 Å². The molecule has 1 aromatic carbocycles. The molecule has 0 heterocycles. The lowest BCUT2D eigenvalue weighted by Crippen LogP contribution is -2.28. The van der Waals surface area contributed by atoms with Crippen LogP contribution in [0.15, 0.2) is 18.2 Å². The minimum absolute atomic E-state index is 0.0420. The molecule has 0 saturated heterocycles. The summed E-state index contributed by atoms with van der Waals surface area (Å²) in [5, 5.41) is 10.6. The Morgan fingerprint density at radius 2 is 2.17 bits per heavy atom. The molecule has 6 nitrogen and oxygen atoms in total. The summed E-state index contributed by atoms with van der Waals surface area (Å²) in [7, 11) is 1.59. The number of carbonyl (C=O) groups excluding carboxylic acids is 2. The van der Waals surface area contributed by atoms with E-state index in [-0.39, 0.29) is 18.0 Å². The van der Waals surface area contributed by atoms with Gasteiger partial charge in [-0.1, -0.05) is 0 Å². The van der Waals surface area contributed by atoms with Crippen molar-refractivity contribution in [1.82, 2.24) is 4.90 Å². The molecular weight excluding hydrogens is 236 g/mol. The van der Waals surface area contributed by atoms with Crippen LogP contribution in [0.4, 0.5) is 5.69 Å². The average molecular weight is 250 g/mol. The van der Waals surface area contributed by atoms with Gasteiger partial charge in [0.05, 0.1) is 4.92 Å². The summed E-state index contributed by atoms with van der Waals surface area (Å²) >= 11 is 0. The number of amides is 1. The Morgan fingerprint density at radius 1 is 1.50 bits per heavy atom. The van der Waals surface area contributed by atoms with Crippen molar-refractivity contribution in [2.75, 3.05) is 13.6 Å². The van der Waals surface area contributed by atoms with Crippen molar-refractivity contribution in [2.24, 2.45) is 0 Å². The minimum atomic E-state index is -0.503. The van der Waals surface area contributed by atoms with Crippen LogP contribution >= 0.6 is 0 Å². The normalized spacial score (nSPS) is 9.89. The molecule has 0 unspecified atom stereocenters. The van der Waals surface area contributed by atoms with Gasteiger partial charge >= 0.3 is 0 Å². The number of rotatable bonds is 5. The van der Waals surface area contributed by atoms with Gasteiger partial charge in [-0.15, -0.1) is 0 Å². The second-order valence-corrected chi connectivity index (χ2v) is 3.94. The van der Waals surface area contributed by atoms with E-state index in [0.717, 1.165) is 6.29 Å². The lowest BCUT2D eigenvalue weighted by Gasteiger charge is -2.16. The third kappa shape index (κ3) is 3.13. The molecule has 0 aromatic heterocycles. The number of nitro groups is 1. The van der Waals surface area contributed by atoms with Crippen LogP contribution in [0.3, 0.4) is 0 Å². The Bertz CT molecular complexity index is 485. The van der Waals surface area contributed by atoms with Crippen LogP contribution in [-0.2, 0) is 4.79 Å². The van der Waals surface area contributed by atoms with Crippen molar-refractivity contribution < 1.29 is 14.5 Å². The van der Waals surface area contributed by atoms with E-state index in [1.807, 2.05) is 0 Å². The van der Waals surface area contributed by atoms with Gasteiger partial charge in [0.2, 0.25) is 0 Å². The van der Waals surface area contributed by atoms with Crippen LogP contribution in [0.25, 0.3) is 0 Å². The molecule has 1 amide bonds. The molecule has 0 aliphatic rings. The van der Waals surface area contributed by atoms with E-state index >= 15 is 0 Å². The molecule has 1 rings (SSSR count). The molecule has 1 aromatic rings. The van der Waals surface area contributed by atoms with E-state index in [2.05, 4.69) is 0 Å². The van der Waals surface area contributed by atoms with Gasteiger partial charge in [-0.3, -0.25) is 14.9 Å². The van der Waals surface area contributed by atoms with Crippen LogP contribution in [0, 0.1) is 17.0 Å². The summed E-state index contributed by atoms with van der Waals surface area (Å²) in [5.74, 6) is -0.246. The fraction of sp³-hybridized carbons (Fsp3) is 0.333. The van der Waals surface area contributed by atoms with Crippen molar-refractivity contribution in [3.63, 3.8) is 0 Å². The van der Waals surface area contributed by atoms with Gasteiger partial charge in [-0.2, -0.15) is 0 Å². The second kappa shape index (κ2) is 5.90. The Balaban J connectivity index is 2.93. The fourth-order valence-electron chi connectivity index (χ4n) is 1.55. The molecule has 0 aliphatic carbocycles. The Morgan fingerprint density at radius 3 is 2.67 bits per heavy atom. The molecule has 0 radical (unpaired) electrons. The van der Waals surface area contributed by atoms with E-state index < -0.39 is 4.92 Å². The maximum atomic E-state index is 12.0. The zero-order chi connectivity index (χ0) is 13.7. The Labute approximate surface area is 104 Å². The van der Waals surface area contributed by atoms with Crippen molar-refractivity contribution in [1.29, 1.82) is 0 Å². The lowest BCUT2D eigenvalue weighted by molar-refractivity contribution is -0.384. The van der Waals surface area contributed by atoms with E-state index in [9.17, 15) is 19.7 Å². The summed E-state index contributed by atoms with van der Waals surface area (Å²) in [6.07, 6.45) is 1.01. The van der Waals surface area contributed by atoms with Gasteiger partial charge in [0.25, 0.3) is 11.6 Å². The highest BCUT2D eigenvalue weighted by Gasteiger charge is 2.16. The molecule has 6 heteroatoms. The predicted molar refractivity (Wildman–Crippen MR) is 65.5 cm³/mol. The highest BCUT2D eigenvalue weighted by Crippen LogP contribution is 2.18. The fourth-order valence-corrected chi connectivity index (χ4v) is 1.55. The molecule has 0 bridgehead atoms. The van der Waals surface area contributed by atoms with E-state index in [0.29, 0.717) is 17.7 Å². The first-order valence-electron chi connectivity index (χ1n) is 5.41. The number of aryl methyl sites for hydroxylation is 1. The number of hydrogen-bond donors (Lipinski definition) is 0. The first kappa shape index (κ1) is 13.8. The molecule has 0 saturated carbocycles. The zero-order valence-electron chi connectivity index (χ0n) is 10.3. The number of benzene rings is 1. The zero-order valence-corrected chi connectivity index (χ0v) is 10.3. The number of hydrogen-bond acceptors (Lipinski definition) is 4. The molecule has 0 atom stereocenters. The van der Waals surface area contributed by atoms with Gasteiger partial charge in [0.15, 0.2) is 0 Å². The van der Waals surface area contributed by atoms with Crippen LogP contribution in [0.1, 0.15) is 22.3 Å². The largest absolute Gasteiger partial charge is 0.341 e. The van der Waals surface area contributed by atoms with E-state index in [4.69, 9.17) is 0 Å². The predicted octanol–water partition coefficient (Wildman–Crippen LogP) is 1.56. The third-order valence-electron chi connectivity index (χ3n) is 2.58. The Kier molecular flexibility index (Phi) is 4.53. The molecule has 0 fully saturated rings. The molecular formula is C12H14N2O4. The number of non-ortho nitro benzene ring substituents is 1. The van der Waals surface area contributed by atoms with Crippen molar-refractivity contribution in [2.45, 2.75) is 13.3 Å². The van der Waals surface area contributed by atoms with Gasteiger partial charge in [0, 0.05) is 37.7 Å². The monoisotopic (exact) mass is 250 g/mol. The van der Waals surface area contributed by atoms with E-state index in [1.165, 1.54) is 23.1 Å². The molecule has 0 N–H and O–H groups in total. The standard InChI is InChI=1S/C12H14N2O4/c1-9-8-10(14(17)18)4-5-11(9)12(16)13(2)6-3-7-15/h4-5,7-8H,3,6H2,1-2H3. The Hall–Kier alpha value is -2.24. The molecule has 0 spiro atoms. The molecule has 18 heavy (non-hydrogen) atoms. The molecule has 96 valence electrons. The highest BCUT2D eigenvalue weighted by atomic mass is 16.6. The SMILES string of the molecule is Cc1cc([N+](=O)[O-])ccc1C(=O)N(C)CCC=O. The van der Waals surface area contributed by atoms with Crippen molar-refractivity contribution in [3.8, 4) is 0 Å². The minimum Gasteiger partial charge on any atom is -0.341 e. The maximum Gasteiger partial charge on any atom is 0.269 e. The third-order valence-corrected chi connectivity index (χ3v) is 2.58. The first-order chi connectivity index (χ1) is 8.47. The first-order valence-corrected chi connectivity index (χ1v) is 5.41. The van der Waals surface area contributed by atoms with Gasteiger partial charge < -0.3 is 9.69 Å². The lowest BCUT2D eigenvalue weighted by atomic mass is 10.1. The highest BCUT2D eigenvalue weighted by molar-refractivity contribution is 5.95. The smallest absolute Gasteiger partial charge is 0.269 e. The summed E-state index contributed by atoms with van der Waals surface area (Å²) in [4.78, 5) is 33.7. The maximum absolute atomic E-state index is 12.0. The quantitative estimate of drug-likeness (QED) is 0.451. The number of carbonyl (C=O) groups is 2. The van der Waals surface area contributed by atoms with Crippen LogP contribution in [0.2, 0.25) is 0 Å². The van der Waals surface area contributed by atoms with Crippen molar-refractivity contribution in [3.05, 3.63) is 39.4 Å². The van der Waals surface area contributed by atoms with Crippen LogP contribution in [0.5, 0.6) is 0 Å². The summed E-state index contributed by atoms with van der Waals surface area (Å²) in [6, 6.07) is 4.10. The number of nitrogens with zero attached hydrogens (tertiary/aromatic N) is 2. The molecule has 0 aliphatic heterocycles. The number of nitro benzene ring substituents is 1. The summed E-state index contributed by atoms with van der Waals surface area (Å²) in [6.45, 7) is 1.98. The second-order valence-electron chi connectivity index (χ2n) is 3.94. The number of aldehydes is 1. The summed E-state index contributed by atoms with van der Waals surface area (Å²) in [5.41, 5.74) is 0.917. The van der Waals surface area contributed by atoms with E-state index in [1.54, 1.807) is 14.0 Å². The average Bonchev–Trinajstić information content (AvgIpc) is 2.34. The van der Waals surface area contributed by atoms with Crippen LogP contribution in [-0.4, -0.2) is 35.6 Å². The topological polar surface area (TPSA) is 80.5 Å². The van der Waals surface area contributed by atoms with Crippen LogP contribution < -0.4 is 0 Å². The van der Waals surface area contributed by atoms with Gasteiger partial charge in [0.1, 0.15) is 6.29 Å².